The van der Waals surface area contributed by atoms with Crippen molar-refractivity contribution < 1.29 is 14.3 Å². The number of methoxy groups -OCH3 is 1. The number of esters is 1. The van der Waals surface area contributed by atoms with Crippen LogP contribution < -0.4 is 0 Å². The Bertz CT molecular complexity index is 363. The maximum Gasteiger partial charge on any atom is 0.327 e. The highest BCUT2D eigenvalue weighted by atomic mass is 16.5. The van der Waals surface area contributed by atoms with Gasteiger partial charge in [0.05, 0.1) is 13.7 Å². The zero-order chi connectivity index (χ0) is 11.8. The van der Waals surface area contributed by atoms with Crippen molar-refractivity contribution in [3.05, 3.63) is 30.1 Å². The molecule has 1 heterocycles. The fourth-order valence-electron chi connectivity index (χ4n) is 1.11. The molecule has 0 atom stereocenters. The van der Waals surface area contributed by atoms with Crippen LogP contribution in [0.5, 0.6) is 0 Å². The van der Waals surface area contributed by atoms with Gasteiger partial charge >= 0.3 is 5.97 Å². The Balaban J connectivity index is 2.68. The maximum atomic E-state index is 11.1. The second-order valence-electron chi connectivity index (χ2n) is 2.87. The van der Waals surface area contributed by atoms with Crippen LogP contribution >= 0.6 is 0 Å². The van der Waals surface area contributed by atoms with Crippen molar-refractivity contribution in [2.45, 2.75) is 6.92 Å². The maximum absolute atomic E-state index is 11.1. The fraction of sp³-hybridized carbons (Fsp3) is 0.364. The van der Waals surface area contributed by atoms with Crippen LogP contribution in [0, 0.1) is 0 Å². The third-order valence-electron chi connectivity index (χ3n) is 1.78. The SMILES string of the molecule is CCOC(=O)C/N=C(\OC)c1ccncc1. The van der Waals surface area contributed by atoms with Gasteiger partial charge in [0.2, 0.25) is 5.90 Å². The zero-order valence-corrected chi connectivity index (χ0v) is 9.34. The van der Waals surface area contributed by atoms with Gasteiger partial charge in [-0.25, -0.2) is 4.99 Å². The summed E-state index contributed by atoms with van der Waals surface area (Å²) in [4.78, 5) is 19.0. The highest BCUT2D eigenvalue weighted by Crippen LogP contribution is 2.00. The Morgan fingerprint density at radius 2 is 2.12 bits per heavy atom. The van der Waals surface area contributed by atoms with E-state index in [0.717, 1.165) is 5.56 Å². The number of rotatable bonds is 4. The quantitative estimate of drug-likeness (QED) is 0.434. The van der Waals surface area contributed by atoms with Crippen LogP contribution in [-0.2, 0) is 14.3 Å². The normalized spacial score (nSPS) is 11.0. The van der Waals surface area contributed by atoms with E-state index in [4.69, 9.17) is 9.47 Å². The minimum atomic E-state index is -0.369. The van der Waals surface area contributed by atoms with Gasteiger partial charge in [0, 0.05) is 18.0 Å². The van der Waals surface area contributed by atoms with Crippen molar-refractivity contribution in [1.29, 1.82) is 0 Å². The van der Waals surface area contributed by atoms with E-state index in [0.29, 0.717) is 12.5 Å². The summed E-state index contributed by atoms with van der Waals surface area (Å²) in [5, 5.41) is 0. The first-order chi connectivity index (χ1) is 7.77. The van der Waals surface area contributed by atoms with E-state index in [1.54, 1.807) is 31.5 Å². The average Bonchev–Trinajstić information content (AvgIpc) is 2.31. The molecule has 5 nitrogen and oxygen atoms in total. The Labute approximate surface area is 94.1 Å². The van der Waals surface area contributed by atoms with Crippen molar-refractivity contribution in [1.82, 2.24) is 4.98 Å². The molecule has 0 aliphatic rings. The molecule has 0 N–H and O–H groups in total. The largest absolute Gasteiger partial charge is 0.481 e. The summed E-state index contributed by atoms with van der Waals surface area (Å²) in [7, 11) is 1.50. The van der Waals surface area contributed by atoms with Crippen molar-refractivity contribution in [2.24, 2.45) is 4.99 Å². The number of hydrogen-bond acceptors (Lipinski definition) is 5. The molecule has 0 bridgehead atoms. The summed E-state index contributed by atoms with van der Waals surface area (Å²) >= 11 is 0. The molecule has 0 unspecified atom stereocenters. The molecule has 16 heavy (non-hydrogen) atoms. The first-order valence-electron chi connectivity index (χ1n) is 4.92. The van der Waals surface area contributed by atoms with Gasteiger partial charge in [0.15, 0.2) is 0 Å². The van der Waals surface area contributed by atoms with Crippen LogP contribution in [0.1, 0.15) is 12.5 Å². The molecule has 86 valence electrons. The van der Waals surface area contributed by atoms with Gasteiger partial charge in [-0.15, -0.1) is 0 Å². The first kappa shape index (κ1) is 12.2. The highest BCUT2D eigenvalue weighted by molar-refractivity contribution is 5.94. The molecule has 0 spiro atoms. The van der Waals surface area contributed by atoms with Crippen molar-refractivity contribution >= 4 is 11.9 Å². The van der Waals surface area contributed by atoms with Gasteiger partial charge in [0.25, 0.3) is 0 Å². The zero-order valence-electron chi connectivity index (χ0n) is 9.34. The molecule has 0 fully saturated rings. The molecule has 0 saturated heterocycles. The molecular formula is C11H14N2O3. The van der Waals surface area contributed by atoms with Crippen LogP contribution in [0.3, 0.4) is 0 Å². The van der Waals surface area contributed by atoms with Crippen LogP contribution in [0.25, 0.3) is 0 Å². The predicted molar refractivity (Wildman–Crippen MR) is 59.3 cm³/mol. The van der Waals surface area contributed by atoms with E-state index < -0.39 is 0 Å². The second kappa shape index (κ2) is 6.55. The van der Waals surface area contributed by atoms with Crippen LogP contribution in [0.4, 0.5) is 0 Å². The molecule has 0 radical (unpaired) electrons. The van der Waals surface area contributed by atoms with E-state index in [1.165, 1.54) is 7.11 Å². The number of nitrogens with zero attached hydrogens (tertiary/aromatic N) is 2. The molecular weight excluding hydrogens is 208 g/mol. The lowest BCUT2D eigenvalue weighted by molar-refractivity contribution is -0.141. The average molecular weight is 222 g/mol. The van der Waals surface area contributed by atoms with Crippen molar-refractivity contribution in [3.8, 4) is 0 Å². The Morgan fingerprint density at radius 1 is 1.44 bits per heavy atom. The lowest BCUT2D eigenvalue weighted by Crippen LogP contribution is -2.12. The highest BCUT2D eigenvalue weighted by Gasteiger charge is 2.05. The number of aliphatic imine (C=N–C) groups is 1. The van der Waals surface area contributed by atoms with Crippen LogP contribution in [-0.4, -0.2) is 37.1 Å². The lowest BCUT2D eigenvalue weighted by atomic mass is 10.3. The molecule has 0 saturated carbocycles. The monoisotopic (exact) mass is 222 g/mol. The van der Waals surface area contributed by atoms with Gasteiger partial charge in [-0.2, -0.15) is 0 Å². The Morgan fingerprint density at radius 3 is 2.69 bits per heavy atom. The number of carbonyl (C=O) groups is 1. The van der Waals surface area contributed by atoms with E-state index in [2.05, 4.69) is 9.98 Å². The van der Waals surface area contributed by atoms with Gasteiger partial charge in [-0.05, 0) is 19.1 Å². The standard InChI is InChI=1S/C11H14N2O3/c1-3-16-10(14)8-13-11(15-2)9-4-6-12-7-5-9/h4-7H,3,8H2,1-2H3/b13-11-. The molecule has 1 rings (SSSR count). The van der Waals surface area contributed by atoms with E-state index in [-0.39, 0.29) is 12.5 Å². The van der Waals surface area contributed by atoms with E-state index in [1.807, 2.05) is 0 Å². The molecule has 1 aromatic rings. The summed E-state index contributed by atoms with van der Waals surface area (Å²) < 4.78 is 9.84. The molecule has 1 aromatic heterocycles. The second-order valence-corrected chi connectivity index (χ2v) is 2.87. The van der Waals surface area contributed by atoms with Crippen LogP contribution in [0.15, 0.2) is 29.5 Å². The number of carbonyl (C=O) groups excluding carboxylic acids is 1. The van der Waals surface area contributed by atoms with E-state index in [9.17, 15) is 4.79 Å². The third-order valence-corrected chi connectivity index (χ3v) is 1.78. The minimum Gasteiger partial charge on any atom is -0.481 e. The third kappa shape index (κ3) is 3.68. The molecule has 0 aliphatic carbocycles. The molecule has 0 aliphatic heterocycles. The summed E-state index contributed by atoms with van der Waals surface area (Å²) in [5.41, 5.74) is 0.779. The lowest BCUT2D eigenvalue weighted by Gasteiger charge is -2.04. The minimum absolute atomic E-state index is 0.0423. The number of hydrogen-bond donors (Lipinski definition) is 0. The molecule has 0 aromatic carbocycles. The number of pyridine rings is 1. The fourth-order valence-corrected chi connectivity index (χ4v) is 1.11. The van der Waals surface area contributed by atoms with Gasteiger partial charge in [-0.3, -0.25) is 9.78 Å². The Hall–Kier alpha value is -1.91. The van der Waals surface area contributed by atoms with Gasteiger partial charge in [0.1, 0.15) is 6.54 Å². The molecule has 0 amide bonds. The summed E-state index contributed by atoms with van der Waals surface area (Å²) in [5.74, 6) is 0.0292. The summed E-state index contributed by atoms with van der Waals surface area (Å²) in [6, 6.07) is 3.51. The van der Waals surface area contributed by atoms with E-state index >= 15 is 0 Å². The first-order valence-corrected chi connectivity index (χ1v) is 4.92. The summed E-state index contributed by atoms with van der Waals surface area (Å²) in [6.45, 7) is 2.06. The topological polar surface area (TPSA) is 60.8 Å². The Kier molecular flexibility index (Phi) is 4.98. The van der Waals surface area contributed by atoms with Gasteiger partial charge < -0.3 is 9.47 Å². The summed E-state index contributed by atoms with van der Waals surface area (Å²) in [6.07, 6.45) is 3.27. The van der Waals surface area contributed by atoms with Crippen molar-refractivity contribution in [2.75, 3.05) is 20.3 Å². The van der Waals surface area contributed by atoms with Crippen LogP contribution in [0.2, 0.25) is 0 Å². The molecule has 5 heteroatoms. The van der Waals surface area contributed by atoms with Gasteiger partial charge in [-0.1, -0.05) is 0 Å². The smallest absolute Gasteiger partial charge is 0.327 e. The number of aromatic nitrogens is 1. The predicted octanol–water partition coefficient (Wildman–Crippen LogP) is 1.04. The van der Waals surface area contributed by atoms with Crippen molar-refractivity contribution in [3.63, 3.8) is 0 Å². The number of ether oxygens (including phenoxy) is 2.